The van der Waals surface area contributed by atoms with Crippen molar-refractivity contribution in [3.8, 4) is 11.1 Å². The van der Waals surface area contributed by atoms with Crippen molar-refractivity contribution in [3.63, 3.8) is 0 Å². The lowest BCUT2D eigenvalue weighted by atomic mass is 9.96. The minimum atomic E-state index is -1.64. The number of carbonyl (C=O) groups excluding carboxylic acids is 1. The lowest BCUT2D eigenvalue weighted by Gasteiger charge is -2.35. The quantitative estimate of drug-likeness (QED) is 0.309. The van der Waals surface area contributed by atoms with Gasteiger partial charge in [-0.1, -0.05) is 60.1 Å². The van der Waals surface area contributed by atoms with Crippen LogP contribution in [0.5, 0.6) is 0 Å². The molecule has 2 aliphatic heterocycles. The summed E-state index contributed by atoms with van der Waals surface area (Å²) in [5.74, 6) is -1.68. The molecule has 1 aromatic heterocycles. The van der Waals surface area contributed by atoms with Crippen LogP contribution in [0.3, 0.4) is 0 Å². The monoisotopic (exact) mass is 635 g/mol. The Morgan fingerprint density at radius 1 is 1.15 bits per heavy atom. The van der Waals surface area contributed by atoms with Gasteiger partial charge in [0.25, 0.3) is 5.56 Å². The number of hydrogen-bond donors (Lipinski definition) is 1. The van der Waals surface area contributed by atoms with Crippen LogP contribution in [0.15, 0.2) is 76.3 Å². The number of piperidine rings is 1. The topological polar surface area (TPSA) is 93.9 Å². The average molecular weight is 637 g/mol. The Kier molecular flexibility index (Phi) is 6.65. The number of benzene rings is 3. The van der Waals surface area contributed by atoms with Crippen molar-refractivity contribution in [2.75, 3.05) is 13.2 Å². The van der Waals surface area contributed by atoms with Gasteiger partial charge in [-0.2, -0.15) is 0 Å². The third-order valence-corrected chi connectivity index (χ3v) is 9.67. The fourth-order valence-corrected chi connectivity index (χ4v) is 7.09. The molecule has 8 nitrogen and oxygen atoms in total. The number of likely N-dealkylation sites (tertiary alicyclic amines) is 1. The molecule has 0 radical (unpaired) electrons. The van der Waals surface area contributed by atoms with Crippen LogP contribution in [0.2, 0.25) is 5.02 Å². The molecule has 1 N–H and O–H groups in total. The number of hydrogen-bond acceptors (Lipinski definition) is 6. The first kappa shape index (κ1) is 26.6. The highest BCUT2D eigenvalue weighted by Crippen LogP contribution is 2.45. The van der Waals surface area contributed by atoms with Gasteiger partial charge in [0.15, 0.2) is 5.79 Å². The van der Waals surface area contributed by atoms with Gasteiger partial charge in [0.05, 0.1) is 40.9 Å². The summed E-state index contributed by atoms with van der Waals surface area (Å²) in [4.78, 5) is 32.7. The molecule has 4 aromatic rings. The van der Waals surface area contributed by atoms with Crippen molar-refractivity contribution in [2.24, 2.45) is 0 Å². The summed E-state index contributed by atoms with van der Waals surface area (Å²) in [5, 5.41) is 12.2. The van der Waals surface area contributed by atoms with Crippen LogP contribution in [-0.2, 0) is 16.0 Å². The van der Waals surface area contributed by atoms with Crippen LogP contribution in [0.1, 0.15) is 36.3 Å². The lowest BCUT2D eigenvalue weighted by Crippen LogP contribution is -2.49. The first-order valence-electron chi connectivity index (χ1n) is 13.7. The average Bonchev–Trinajstić information content (AvgIpc) is 3.48. The first-order valence-corrected chi connectivity index (χ1v) is 14.8. The van der Waals surface area contributed by atoms with Crippen LogP contribution >= 0.6 is 27.5 Å². The fraction of sp³-hybridized carbons (Fsp3) is 0.323. The molecule has 7 rings (SSSR count). The highest BCUT2D eigenvalue weighted by molar-refractivity contribution is 9.10. The molecule has 210 valence electrons. The van der Waals surface area contributed by atoms with Crippen molar-refractivity contribution in [2.45, 2.75) is 49.7 Å². The van der Waals surface area contributed by atoms with Gasteiger partial charge < -0.3 is 19.5 Å². The molecule has 2 fully saturated rings. The minimum absolute atomic E-state index is 0.0369. The number of aliphatic hydroxyl groups is 1. The molecule has 3 heterocycles. The van der Waals surface area contributed by atoms with Gasteiger partial charge in [-0.05, 0) is 63.2 Å². The Morgan fingerprint density at radius 3 is 2.59 bits per heavy atom. The van der Waals surface area contributed by atoms with E-state index in [-0.39, 0.29) is 43.2 Å². The highest BCUT2D eigenvalue weighted by Gasteiger charge is 2.51. The van der Waals surface area contributed by atoms with Crippen molar-refractivity contribution in [3.05, 3.63) is 98.0 Å². The summed E-state index contributed by atoms with van der Waals surface area (Å²) >= 11 is 9.56. The molecule has 3 aliphatic rings. The van der Waals surface area contributed by atoms with Crippen molar-refractivity contribution in [1.29, 1.82) is 0 Å². The normalized spacial score (nSPS) is 23.3. The fourth-order valence-electron chi connectivity index (χ4n) is 6.60. The Balaban J connectivity index is 1.08. The van der Waals surface area contributed by atoms with Crippen LogP contribution < -0.4 is 5.56 Å². The van der Waals surface area contributed by atoms with E-state index in [1.807, 2.05) is 24.3 Å². The van der Waals surface area contributed by atoms with Crippen molar-refractivity contribution < 1.29 is 19.4 Å². The van der Waals surface area contributed by atoms with E-state index < -0.39 is 11.9 Å². The van der Waals surface area contributed by atoms with Crippen LogP contribution in [-0.4, -0.2) is 56.7 Å². The van der Waals surface area contributed by atoms with Gasteiger partial charge in [0.2, 0.25) is 0 Å². The molecule has 41 heavy (non-hydrogen) atoms. The summed E-state index contributed by atoms with van der Waals surface area (Å²) in [5.41, 5.74) is 4.82. The Labute approximate surface area is 249 Å². The van der Waals surface area contributed by atoms with Gasteiger partial charge >= 0.3 is 6.09 Å². The maximum absolute atomic E-state index is 13.4. The van der Waals surface area contributed by atoms with Gasteiger partial charge in [-0.15, -0.1) is 0 Å². The Hall–Kier alpha value is -3.24. The second-order valence-corrected chi connectivity index (χ2v) is 12.2. The van der Waals surface area contributed by atoms with E-state index in [1.54, 1.807) is 17.0 Å². The summed E-state index contributed by atoms with van der Waals surface area (Å²) in [6.07, 6.45) is 2.22. The van der Waals surface area contributed by atoms with E-state index in [9.17, 15) is 14.7 Å². The van der Waals surface area contributed by atoms with Crippen LogP contribution in [0.25, 0.3) is 22.0 Å². The first-order chi connectivity index (χ1) is 19.8. The summed E-state index contributed by atoms with van der Waals surface area (Å²) < 4.78 is 14.0. The predicted octanol–water partition coefficient (Wildman–Crippen LogP) is 5.70. The van der Waals surface area contributed by atoms with Crippen LogP contribution in [0.4, 0.5) is 4.79 Å². The van der Waals surface area contributed by atoms with Gasteiger partial charge in [-0.3, -0.25) is 9.36 Å². The standard InChI is InChI=1S/C31H27BrClN3O5/c32-24-13-26-22(12-25(24)33)29(37)35(17-34-26)16-31(39)14-27-28(41-31)10-5-11-36(27)30(38)40-15-23-20-8-3-1-6-18(20)19-7-2-4-9-21(19)23/h1-4,6-9,12-13,17,23,27-28,39H,5,10-11,14-16H2/t27-,28-,31?/m0/s1. The zero-order valence-corrected chi connectivity index (χ0v) is 24.3. The third kappa shape index (κ3) is 4.65. The van der Waals surface area contributed by atoms with E-state index in [0.717, 1.165) is 17.5 Å². The molecular formula is C31H27BrClN3O5. The lowest BCUT2D eigenvalue weighted by molar-refractivity contribution is -0.202. The molecular weight excluding hydrogens is 610 g/mol. The number of halogens is 2. The molecule has 1 unspecified atom stereocenters. The number of rotatable bonds is 4. The maximum atomic E-state index is 13.4. The zero-order valence-electron chi connectivity index (χ0n) is 22.0. The molecule has 10 heteroatoms. The van der Waals surface area contributed by atoms with E-state index in [2.05, 4.69) is 45.2 Å². The predicted molar refractivity (Wildman–Crippen MR) is 158 cm³/mol. The molecule has 2 saturated heterocycles. The highest BCUT2D eigenvalue weighted by atomic mass is 79.9. The molecule has 0 spiro atoms. The van der Waals surface area contributed by atoms with Gasteiger partial charge in [0, 0.05) is 23.4 Å². The van der Waals surface area contributed by atoms with Gasteiger partial charge in [0.1, 0.15) is 6.61 Å². The number of nitrogens with zero attached hydrogens (tertiary/aromatic N) is 3. The molecule has 1 aliphatic carbocycles. The number of fused-ring (bicyclic) bond motifs is 5. The van der Waals surface area contributed by atoms with E-state index in [0.29, 0.717) is 33.4 Å². The molecule has 3 atom stereocenters. The minimum Gasteiger partial charge on any atom is -0.448 e. The second kappa shape index (κ2) is 10.2. The second-order valence-electron chi connectivity index (χ2n) is 11.0. The summed E-state index contributed by atoms with van der Waals surface area (Å²) in [6, 6.07) is 19.3. The third-order valence-electron chi connectivity index (χ3n) is 8.47. The van der Waals surface area contributed by atoms with Crippen molar-refractivity contribution in [1.82, 2.24) is 14.5 Å². The smallest absolute Gasteiger partial charge is 0.410 e. The van der Waals surface area contributed by atoms with Crippen LogP contribution in [0, 0.1) is 0 Å². The van der Waals surface area contributed by atoms with E-state index in [1.165, 1.54) is 22.0 Å². The SMILES string of the molecule is O=C(OCC1c2ccccc2-c2ccccc21)N1CCC[C@@H]2OC(O)(Cn3cnc4cc(Br)c(Cl)cc4c3=O)C[C@@H]21. The van der Waals surface area contributed by atoms with E-state index in [4.69, 9.17) is 21.1 Å². The Bertz CT molecular complexity index is 1700. The summed E-state index contributed by atoms with van der Waals surface area (Å²) in [6.45, 7) is 0.624. The Morgan fingerprint density at radius 2 is 1.85 bits per heavy atom. The van der Waals surface area contributed by atoms with Crippen molar-refractivity contribution >= 4 is 44.5 Å². The van der Waals surface area contributed by atoms with E-state index >= 15 is 0 Å². The largest absolute Gasteiger partial charge is 0.448 e. The molecule has 0 bridgehead atoms. The number of carbonyl (C=O) groups is 1. The summed E-state index contributed by atoms with van der Waals surface area (Å²) in [7, 11) is 0. The molecule has 1 amide bonds. The number of aromatic nitrogens is 2. The number of ether oxygens (including phenoxy) is 2. The molecule has 3 aromatic carbocycles. The maximum Gasteiger partial charge on any atom is 0.410 e. The van der Waals surface area contributed by atoms with Gasteiger partial charge in [-0.25, -0.2) is 9.78 Å². The zero-order chi connectivity index (χ0) is 28.3. The molecule has 0 saturated carbocycles. The number of amides is 1.